The third-order valence-electron chi connectivity index (χ3n) is 1.35. The van der Waals surface area contributed by atoms with E-state index in [4.69, 9.17) is 0 Å². The summed E-state index contributed by atoms with van der Waals surface area (Å²) in [4.78, 5) is 24.8. The van der Waals surface area contributed by atoms with Crippen LogP contribution in [-0.2, 0) is 9.53 Å². The number of esters is 1. The monoisotopic (exact) mass is 180 g/mol. The zero-order valence-electron chi connectivity index (χ0n) is 6.98. The van der Waals surface area contributed by atoms with Crippen LogP contribution >= 0.6 is 0 Å². The standard InChI is InChI=1S/C8H8N2O3/c1-13-8(12)6-3-2-4-7(10-6)9-5-11/h2-5H,1H3,(H,9,10,11). The molecule has 1 rings (SSSR count). The highest BCUT2D eigenvalue weighted by Crippen LogP contribution is 2.04. The van der Waals surface area contributed by atoms with Crippen LogP contribution in [0.1, 0.15) is 10.5 Å². The number of carbonyl (C=O) groups excluding carboxylic acids is 2. The van der Waals surface area contributed by atoms with Crippen molar-refractivity contribution >= 4 is 18.2 Å². The fourth-order valence-electron chi connectivity index (χ4n) is 0.794. The third-order valence-corrected chi connectivity index (χ3v) is 1.35. The summed E-state index contributed by atoms with van der Waals surface area (Å²) >= 11 is 0. The summed E-state index contributed by atoms with van der Waals surface area (Å²) < 4.78 is 4.45. The molecule has 0 aliphatic rings. The van der Waals surface area contributed by atoms with Gasteiger partial charge in [-0.05, 0) is 12.1 Å². The van der Waals surface area contributed by atoms with E-state index in [0.29, 0.717) is 12.2 Å². The molecule has 0 spiro atoms. The van der Waals surface area contributed by atoms with Crippen LogP contribution < -0.4 is 5.32 Å². The maximum absolute atomic E-state index is 11.0. The Bertz CT molecular complexity index is 325. The van der Waals surface area contributed by atoms with Crippen LogP contribution in [0, 0.1) is 0 Å². The zero-order valence-corrected chi connectivity index (χ0v) is 6.98. The van der Waals surface area contributed by atoms with E-state index in [1.54, 1.807) is 12.1 Å². The van der Waals surface area contributed by atoms with Gasteiger partial charge in [0.15, 0.2) is 5.69 Å². The molecule has 0 aliphatic heterocycles. The number of aromatic nitrogens is 1. The molecule has 0 saturated carbocycles. The van der Waals surface area contributed by atoms with Crippen LogP contribution in [0.15, 0.2) is 18.2 Å². The Hall–Kier alpha value is -1.91. The molecule has 1 N–H and O–H groups in total. The Balaban J connectivity index is 2.90. The number of methoxy groups -OCH3 is 1. The Labute approximate surface area is 74.7 Å². The first-order valence-corrected chi connectivity index (χ1v) is 3.53. The lowest BCUT2D eigenvalue weighted by atomic mass is 10.3. The fraction of sp³-hybridized carbons (Fsp3) is 0.125. The van der Waals surface area contributed by atoms with Crippen LogP contribution in [0.3, 0.4) is 0 Å². The number of rotatable bonds is 3. The van der Waals surface area contributed by atoms with Gasteiger partial charge < -0.3 is 10.1 Å². The second-order valence-corrected chi connectivity index (χ2v) is 2.16. The summed E-state index contributed by atoms with van der Waals surface area (Å²) in [6.07, 6.45) is 0.489. The summed E-state index contributed by atoms with van der Waals surface area (Å²) in [6.45, 7) is 0. The number of amides is 1. The maximum atomic E-state index is 11.0. The topological polar surface area (TPSA) is 68.3 Å². The van der Waals surface area contributed by atoms with Crippen molar-refractivity contribution in [3.05, 3.63) is 23.9 Å². The molecule has 0 unspecified atom stereocenters. The van der Waals surface area contributed by atoms with E-state index in [9.17, 15) is 9.59 Å². The molecule has 0 atom stereocenters. The predicted octanol–water partition coefficient (Wildman–Crippen LogP) is 0.436. The van der Waals surface area contributed by atoms with Gasteiger partial charge in [-0.2, -0.15) is 0 Å². The molecular weight excluding hydrogens is 172 g/mol. The zero-order chi connectivity index (χ0) is 9.68. The Morgan fingerprint density at radius 1 is 1.62 bits per heavy atom. The third kappa shape index (κ3) is 2.26. The SMILES string of the molecule is COC(=O)c1cccc(NC=O)n1. The molecule has 0 bridgehead atoms. The lowest BCUT2D eigenvalue weighted by Crippen LogP contribution is -2.06. The van der Waals surface area contributed by atoms with E-state index in [1.165, 1.54) is 13.2 Å². The number of hydrogen-bond donors (Lipinski definition) is 1. The number of pyridine rings is 1. The quantitative estimate of drug-likeness (QED) is 0.541. The van der Waals surface area contributed by atoms with Gasteiger partial charge in [0.1, 0.15) is 5.82 Å². The van der Waals surface area contributed by atoms with Crippen LogP contribution in [-0.4, -0.2) is 24.5 Å². The summed E-state index contributed by atoms with van der Waals surface area (Å²) in [6, 6.07) is 4.67. The molecule has 0 aliphatic carbocycles. The number of ether oxygens (including phenoxy) is 1. The molecule has 0 radical (unpaired) electrons. The Kier molecular flexibility index (Phi) is 2.97. The maximum Gasteiger partial charge on any atom is 0.356 e. The van der Waals surface area contributed by atoms with Crippen LogP contribution in [0.25, 0.3) is 0 Å². The second kappa shape index (κ2) is 4.20. The van der Waals surface area contributed by atoms with Gasteiger partial charge in [0.05, 0.1) is 7.11 Å². The van der Waals surface area contributed by atoms with Crippen LogP contribution in [0.2, 0.25) is 0 Å². The number of nitrogens with zero attached hydrogens (tertiary/aromatic N) is 1. The Morgan fingerprint density at radius 3 is 3.00 bits per heavy atom. The lowest BCUT2D eigenvalue weighted by Gasteiger charge is -2.00. The highest BCUT2D eigenvalue weighted by Gasteiger charge is 2.06. The van der Waals surface area contributed by atoms with Gasteiger partial charge in [-0.15, -0.1) is 0 Å². The van der Waals surface area contributed by atoms with Gasteiger partial charge in [-0.1, -0.05) is 6.07 Å². The summed E-state index contributed by atoms with van der Waals surface area (Å²) in [5, 5.41) is 2.33. The first-order chi connectivity index (χ1) is 6.27. The van der Waals surface area contributed by atoms with Gasteiger partial charge in [0.2, 0.25) is 6.41 Å². The molecule has 1 amide bonds. The molecule has 0 aromatic carbocycles. The molecule has 5 heteroatoms. The minimum atomic E-state index is -0.533. The minimum absolute atomic E-state index is 0.161. The number of hydrogen-bond acceptors (Lipinski definition) is 4. The first-order valence-electron chi connectivity index (χ1n) is 3.53. The average Bonchev–Trinajstić information content (AvgIpc) is 2.18. The molecule has 0 fully saturated rings. The van der Waals surface area contributed by atoms with Gasteiger partial charge in [0, 0.05) is 0 Å². The van der Waals surface area contributed by atoms with Gasteiger partial charge in [-0.3, -0.25) is 4.79 Å². The molecule has 1 heterocycles. The number of carbonyl (C=O) groups is 2. The smallest absolute Gasteiger partial charge is 0.356 e. The molecule has 13 heavy (non-hydrogen) atoms. The molecule has 1 aromatic rings. The number of anilines is 1. The summed E-state index contributed by atoms with van der Waals surface area (Å²) in [7, 11) is 1.27. The predicted molar refractivity (Wildman–Crippen MR) is 45.3 cm³/mol. The number of nitrogens with one attached hydrogen (secondary N) is 1. The van der Waals surface area contributed by atoms with E-state index in [0.717, 1.165) is 0 Å². The van der Waals surface area contributed by atoms with E-state index in [1.807, 2.05) is 0 Å². The molecule has 0 saturated heterocycles. The average molecular weight is 180 g/mol. The molecular formula is C8H8N2O3. The van der Waals surface area contributed by atoms with Crippen molar-refractivity contribution in [2.45, 2.75) is 0 Å². The van der Waals surface area contributed by atoms with Crippen molar-refractivity contribution in [3.63, 3.8) is 0 Å². The highest BCUT2D eigenvalue weighted by atomic mass is 16.5. The largest absolute Gasteiger partial charge is 0.464 e. The highest BCUT2D eigenvalue weighted by molar-refractivity contribution is 5.87. The van der Waals surface area contributed by atoms with Crippen LogP contribution in [0.5, 0.6) is 0 Å². The van der Waals surface area contributed by atoms with E-state index < -0.39 is 5.97 Å². The van der Waals surface area contributed by atoms with Crippen LogP contribution in [0.4, 0.5) is 5.82 Å². The molecule has 5 nitrogen and oxygen atoms in total. The summed E-state index contributed by atoms with van der Waals surface area (Å²) in [5.41, 5.74) is 0.161. The van der Waals surface area contributed by atoms with E-state index in [2.05, 4.69) is 15.0 Å². The first kappa shape index (κ1) is 9.18. The van der Waals surface area contributed by atoms with Gasteiger partial charge in [-0.25, -0.2) is 9.78 Å². The lowest BCUT2D eigenvalue weighted by molar-refractivity contribution is -0.105. The van der Waals surface area contributed by atoms with E-state index in [-0.39, 0.29) is 5.69 Å². The van der Waals surface area contributed by atoms with Crippen molar-refractivity contribution in [3.8, 4) is 0 Å². The van der Waals surface area contributed by atoms with Crippen molar-refractivity contribution in [1.82, 2.24) is 4.98 Å². The van der Waals surface area contributed by atoms with Crippen molar-refractivity contribution < 1.29 is 14.3 Å². The van der Waals surface area contributed by atoms with Crippen molar-refractivity contribution in [2.24, 2.45) is 0 Å². The van der Waals surface area contributed by atoms with E-state index >= 15 is 0 Å². The Morgan fingerprint density at radius 2 is 2.38 bits per heavy atom. The second-order valence-electron chi connectivity index (χ2n) is 2.16. The van der Waals surface area contributed by atoms with Gasteiger partial charge in [0.25, 0.3) is 0 Å². The summed E-state index contributed by atoms with van der Waals surface area (Å²) in [5.74, 6) is -0.215. The minimum Gasteiger partial charge on any atom is -0.464 e. The normalized spacial score (nSPS) is 9.00. The molecule has 1 aromatic heterocycles. The van der Waals surface area contributed by atoms with Crippen molar-refractivity contribution in [1.29, 1.82) is 0 Å². The molecule has 68 valence electrons. The van der Waals surface area contributed by atoms with Gasteiger partial charge >= 0.3 is 5.97 Å². The van der Waals surface area contributed by atoms with Crippen molar-refractivity contribution in [2.75, 3.05) is 12.4 Å². The fourth-order valence-corrected chi connectivity index (χ4v) is 0.794.